The SMILES string of the molecule is C[C]1[C](C)[C](C)[C]([Si](C)(C)[C]2[CH][CH][C](C(C)(C)CCC=C(C)C)[CH]2)[C]1C.[Cl][Zr+2][Cl]. The maximum atomic E-state index is 4.93. The van der Waals surface area contributed by atoms with Crippen molar-refractivity contribution in [2.45, 2.75) is 81.3 Å². The normalized spacial score (nSPS) is 21.9. The predicted molar refractivity (Wildman–Crippen MR) is 130 cm³/mol. The van der Waals surface area contributed by atoms with Crippen molar-refractivity contribution in [1.29, 1.82) is 0 Å². The van der Waals surface area contributed by atoms with Crippen LogP contribution in [0.1, 0.15) is 68.2 Å². The molecule has 158 valence electrons. The Bertz CT molecular complexity index is 513. The van der Waals surface area contributed by atoms with Crippen molar-refractivity contribution in [2.24, 2.45) is 5.41 Å². The Morgan fingerprint density at radius 2 is 1.45 bits per heavy atom. The molecule has 0 saturated heterocycles. The molecule has 0 aromatic carbocycles. The Hall–Kier alpha value is 1.42. The van der Waals surface area contributed by atoms with Crippen LogP contribution in [0.25, 0.3) is 0 Å². The van der Waals surface area contributed by atoms with E-state index in [0.717, 1.165) is 6.42 Å². The Morgan fingerprint density at radius 3 is 1.90 bits per heavy atom. The number of halogens is 2. The summed E-state index contributed by atoms with van der Waals surface area (Å²) in [6.45, 7) is 23.4. The van der Waals surface area contributed by atoms with Crippen LogP contribution in [0, 0.1) is 65.3 Å². The summed E-state index contributed by atoms with van der Waals surface area (Å²) in [6.07, 6.45) is 12.1. The van der Waals surface area contributed by atoms with Crippen LogP contribution in [0.5, 0.6) is 0 Å². The van der Waals surface area contributed by atoms with Crippen LogP contribution in [-0.2, 0) is 20.8 Å². The zero-order valence-corrected chi connectivity index (χ0v) is 24.9. The van der Waals surface area contributed by atoms with E-state index >= 15 is 0 Å². The van der Waals surface area contributed by atoms with Gasteiger partial charge in [0.15, 0.2) is 0 Å². The molecule has 0 atom stereocenters. The average Bonchev–Trinajstić information content (AvgIpc) is 3.18. The topological polar surface area (TPSA) is 0 Å². The second-order valence-corrected chi connectivity index (χ2v) is 17.7. The van der Waals surface area contributed by atoms with Crippen LogP contribution in [0.15, 0.2) is 11.6 Å². The van der Waals surface area contributed by atoms with Crippen molar-refractivity contribution in [3.05, 3.63) is 71.6 Å². The van der Waals surface area contributed by atoms with Gasteiger partial charge in [-0.25, -0.2) is 0 Å². The summed E-state index contributed by atoms with van der Waals surface area (Å²) in [4.78, 5) is 0. The van der Waals surface area contributed by atoms with E-state index in [1.807, 2.05) is 0 Å². The molecule has 2 aliphatic carbocycles. The molecule has 4 heteroatoms. The Kier molecular flexibility index (Phi) is 11.8. The summed E-state index contributed by atoms with van der Waals surface area (Å²) in [5.41, 5.74) is 4.90. The second kappa shape index (κ2) is 12.0. The fraction of sp³-hybridized carbons (Fsp3) is 0.520. The monoisotopic (exact) mass is 526 g/mol. The number of rotatable bonds is 6. The first-order valence-electron chi connectivity index (χ1n) is 10.4. The van der Waals surface area contributed by atoms with Crippen molar-refractivity contribution in [1.82, 2.24) is 0 Å². The van der Waals surface area contributed by atoms with Crippen molar-refractivity contribution < 1.29 is 20.8 Å². The van der Waals surface area contributed by atoms with E-state index in [1.54, 1.807) is 11.1 Å². The molecule has 0 N–H and O–H groups in total. The van der Waals surface area contributed by atoms with E-state index in [9.17, 15) is 0 Å². The molecule has 0 aromatic heterocycles. The van der Waals surface area contributed by atoms with Gasteiger partial charge in [0.05, 0.1) is 8.07 Å². The molecule has 2 aliphatic rings. The van der Waals surface area contributed by atoms with E-state index in [-0.39, 0.29) is 5.41 Å². The van der Waals surface area contributed by atoms with Crippen molar-refractivity contribution in [2.75, 3.05) is 0 Å². The molecule has 0 bridgehead atoms. The molecule has 29 heavy (non-hydrogen) atoms. The van der Waals surface area contributed by atoms with Crippen LogP contribution in [0.4, 0.5) is 0 Å². The molecule has 0 amide bonds. The summed E-state index contributed by atoms with van der Waals surface area (Å²) in [5, 5.41) is 0. The standard InChI is InChI=1S/C25H38Si.2ClH.Zr/c1-17(2)12-11-15-25(7,8)22-13-14-23(16-22)26(9,10)24-20(5)18(3)19(4)21(24)6;;;/h12-14,16H,11,15H2,1-10H3;2*1H;/q;;;+4/p-2. The van der Waals surface area contributed by atoms with E-state index in [2.05, 4.69) is 93.8 Å². The van der Waals surface area contributed by atoms with E-state index < -0.39 is 28.9 Å². The van der Waals surface area contributed by atoms with Gasteiger partial charge in [-0.2, -0.15) is 0 Å². The fourth-order valence-corrected chi connectivity index (χ4v) is 7.97. The number of allylic oxidation sites excluding steroid dienone is 2. The number of hydrogen-bond donors (Lipinski definition) is 0. The molecule has 0 aliphatic heterocycles. The van der Waals surface area contributed by atoms with E-state index in [4.69, 9.17) is 17.0 Å². The molecule has 0 nitrogen and oxygen atoms in total. The predicted octanol–water partition coefficient (Wildman–Crippen LogP) is 8.66. The molecule has 0 aromatic rings. The van der Waals surface area contributed by atoms with Gasteiger partial charge in [0.2, 0.25) is 0 Å². The Morgan fingerprint density at radius 1 is 0.966 bits per heavy atom. The zero-order valence-electron chi connectivity index (χ0n) is 20.0. The van der Waals surface area contributed by atoms with E-state index in [1.165, 1.54) is 41.6 Å². The third kappa shape index (κ3) is 7.20. The quantitative estimate of drug-likeness (QED) is 0.239. The molecule has 2 rings (SSSR count). The third-order valence-electron chi connectivity index (χ3n) is 6.64. The molecule has 0 heterocycles. The minimum atomic E-state index is -1.67. The first kappa shape index (κ1) is 28.5. The summed E-state index contributed by atoms with van der Waals surface area (Å²) in [6, 6.07) is 0. The van der Waals surface area contributed by atoms with E-state index in [0.29, 0.717) is 0 Å². The average molecular weight is 529 g/mol. The Labute approximate surface area is 203 Å². The van der Waals surface area contributed by atoms with Gasteiger partial charge in [-0.15, -0.1) is 0 Å². The van der Waals surface area contributed by atoms with Gasteiger partial charge >= 0.3 is 37.9 Å². The summed E-state index contributed by atoms with van der Waals surface area (Å²) >= 11 is -0.826. The van der Waals surface area contributed by atoms with Gasteiger partial charge in [0.1, 0.15) is 0 Å². The molecule has 2 saturated carbocycles. The molecular formula is C25H38Cl2SiZr+2. The third-order valence-corrected chi connectivity index (χ3v) is 10.4. The summed E-state index contributed by atoms with van der Waals surface area (Å²) < 4.78 is 0. The van der Waals surface area contributed by atoms with Gasteiger partial charge in [-0.05, 0) is 92.0 Å². The molecule has 2 fully saturated rings. The van der Waals surface area contributed by atoms with Gasteiger partial charge in [0.25, 0.3) is 0 Å². The van der Waals surface area contributed by atoms with Crippen LogP contribution >= 0.6 is 17.0 Å². The fourth-order valence-electron chi connectivity index (χ4n) is 4.42. The molecule has 0 spiro atoms. The second-order valence-electron chi connectivity index (χ2n) is 9.66. The van der Waals surface area contributed by atoms with Crippen molar-refractivity contribution >= 4 is 25.1 Å². The summed E-state index contributed by atoms with van der Waals surface area (Å²) in [7, 11) is 8.19. The first-order chi connectivity index (χ1) is 13.3. The van der Waals surface area contributed by atoms with Crippen LogP contribution < -0.4 is 0 Å². The molecule has 0 unspecified atom stereocenters. The minimum absolute atomic E-state index is 0.233. The van der Waals surface area contributed by atoms with Gasteiger partial charge in [-0.1, -0.05) is 66.3 Å². The molecular weight excluding hydrogens is 490 g/mol. The van der Waals surface area contributed by atoms with Crippen molar-refractivity contribution in [3.63, 3.8) is 0 Å². The zero-order chi connectivity index (χ0) is 22.6. The van der Waals surface area contributed by atoms with Crippen molar-refractivity contribution in [3.8, 4) is 0 Å². The molecule has 10 radical (unpaired) electrons. The number of hydrogen-bond acceptors (Lipinski definition) is 0. The van der Waals surface area contributed by atoms with Crippen LogP contribution in [-0.4, -0.2) is 8.07 Å². The van der Waals surface area contributed by atoms with Gasteiger partial charge in [-0.3, -0.25) is 0 Å². The maximum absolute atomic E-state index is 4.93. The van der Waals surface area contributed by atoms with Gasteiger partial charge in [0, 0.05) is 0 Å². The first-order valence-corrected chi connectivity index (χ1v) is 19.7. The van der Waals surface area contributed by atoms with Crippen LogP contribution in [0.2, 0.25) is 13.1 Å². The Balaban J connectivity index is 0.00000132. The summed E-state index contributed by atoms with van der Waals surface area (Å²) in [5.74, 6) is 7.55. The van der Waals surface area contributed by atoms with Crippen LogP contribution in [0.3, 0.4) is 0 Å². The van der Waals surface area contributed by atoms with Gasteiger partial charge < -0.3 is 0 Å².